The van der Waals surface area contributed by atoms with E-state index >= 15 is 0 Å². The van der Waals surface area contributed by atoms with Gasteiger partial charge in [-0.3, -0.25) is 4.79 Å². The maximum absolute atomic E-state index is 12.0. The molecule has 1 aromatic carbocycles. The Bertz CT molecular complexity index is 759. The molecule has 9 nitrogen and oxygen atoms in total. The highest BCUT2D eigenvalue weighted by molar-refractivity contribution is 5.97. The minimum absolute atomic E-state index is 0.0225. The molecule has 0 radical (unpaired) electrons. The van der Waals surface area contributed by atoms with Gasteiger partial charge in [0.15, 0.2) is 0 Å². The summed E-state index contributed by atoms with van der Waals surface area (Å²) < 4.78 is 20.4. The minimum Gasteiger partial charge on any atom is -0.481 e. The fourth-order valence-electron chi connectivity index (χ4n) is 1.89. The number of methoxy groups -OCH3 is 2. The van der Waals surface area contributed by atoms with Gasteiger partial charge < -0.3 is 24.7 Å². The minimum atomic E-state index is -0.776. The van der Waals surface area contributed by atoms with Gasteiger partial charge in [0.25, 0.3) is 0 Å². The van der Waals surface area contributed by atoms with Gasteiger partial charge in [-0.05, 0) is 31.2 Å². The molecule has 0 spiro atoms. The molecule has 138 valence electrons. The topological polar surface area (TPSA) is 123 Å². The van der Waals surface area contributed by atoms with Crippen LogP contribution in [0.2, 0.25) is 0 Å². The number of benzene rings is 1. The van der Waals surface area contributed by atoms with Crippen molar-refractivity contribution in [2.24, 2.45) is 5.73 Å². The molecule has 2 N–H and O–H groups in total. The van der Waals surface area contributed by atoms with Crippen molar-refractivity contribution >= 4 is 11.9 Å². The molecular weight excluding hydrogens is 342 g/mol. The summed E-state index contributed by atoms with van der Waals surface area (Å²) in [4.78, 5) is 31.6. The van der Waals surface area contributed by atoms with Crippen LogP contribution in [0.4, 0.5) is 0 Å². The van der Waals surface area contributed by atoms with Gasteiger partial charge in [-0.15, -0.1) is 0 Å². The van der Waals surface area contributed by atoms with Gasteiger partial charge in [0.2, 0.25) is 11.8 Å². The van der Waals surface area contributed by atoms with Gasteiger partial charge >= 0.3 is 17.9 Å². The number of hydrogen-bond acceptors (Lipinski definition) is 9. The molecule has 1 aromatic heterocycles. The summed E-state index contributed by atoms with van der Waals surface area (Å²) in [6, 6.07) is 7.56. The van der Waals surface area contributed by atoms with Crippen LogP contribution in [0.5, 0.6) is 23.5 Å². The average molecular weight is 361 g/mol. The van der Waals surface area contributed by atoms with Crippen LogP contribution < -0.4 is 19.9 Å². The maximum atomic E-state index is 12.0. The molecule has 0 aliphatic rings. The van der Waals surface area contributed by atoms with Crippen LogP contribution in [0, 0.1) is 0 Å². The second-order valence-electron chi connectivity index (χ2n) is 5.02. The second-order valence-corrected chi connectivity index (χ2v) is 5.02. The zero-order chi connectivity index (χ0) is 18.9. The standard InChI is InChI=1S/C17H19N3O6/c1-23-13-10-14(24-2)20-17(19-13)25-12-6-3-5-11(9-12)16(22)26-15(21)7-4-8-18/h3,5-6,9-10H,4,7-8,18H2,1-2H3. The summed E-state index contributed by atoms with van der Waals surface area (Å²) in [5.74, 6) is -0.612. The predicted molar refractivity (Wildman–Crippen MR) is 90.4 cm³/mol. The van der Waals surface area contributed by atoms with Crippen molar-refractivity contribution in [1.29, 1.82) is 0 Å². The van der Waals surface area contributed by atoms with Crippen LogP contribution in [0.3, 0.4) is 0 Å². The Morgan fingerprint density at radius 2 is 1.77 bits per heavy atom. The summed E-state index contributed by atoms with van der Waals surface area (Å²) in [7, 11) is 2.90. The molecule has 0 saturated carbocycles. The van der Waals surface area contributed by atoms with E-state index in [-0.39, 0.29) is 35.5 Å². The van der Waals surface area contributed by atoms with Gasteiger partial charge in [0.1, 0.15) is 5.75 Å². The number of rotatable bonds is 8. The predicted octanol–water partition coefficient (Wildman–Crippen LogP) is 1.71. The van der Waals surface area contributed by atoms with Crippen LogP contribution in [0.1, 0.15) is 23.2 Å². The number of nitrogens with zero attached hydrogens (tertiary/aromatic N) is 2. The molecular formula is C17H19N3O6. The van der Waals surface area contributed by atoms with Crippen molar-refractivity contribution in [3.05, 3.63) is 35.9 Å². The van der Waals surface area contributed by atoms with Crippen molar-refractivity contribution in [2.45, 2.75) is 12.8 Å². The largest absolute Gasteiger partial charge is 0.481 e. The Morgan fingerprint density at radius 1 is 1.08 bits per heavy atom. The van der Waals surface area contributed by atoms with Crippen molar-refractivity contribution in [2.75, 3.05) is 20.8 Å². The molecule has 2 rings (SSSR count). The maximum Gasteiger partial charge on any atom is 0.345 e. The summed E-state index contributed by atoms with van der Waals surface area (Å²) in [5, 5.41) is 0. The number of hydrogen-bond donors (Lipinski definition) is 1. The monoisotopic (exact) mass is 361 g/mol. The molecule has 0 atom stereocenters. The quantitative estimate of drug-likeness (QED) is 0.553. The van der Waals surface area contributed by atoms with Crippen molar-refractivity contribution in [1.82, 2.24) is 9.97 Å². The molecule has 9 heteroatoms. The number of esters is 2. The molecule has 1 heterocycles. The average Bonchev–Trinajstić information content (AvgIpc) is 2.66. The first-order chi connectivity index (χ1) is 12.5. The fraction of sp³-hybridized carbons (Fsp3) is 0.294. The van der Waals surface area contributed by atoms with Crippen LogP contribution in [0.25, 0.3) is 0 Å². The van der Waals surface area contributed by atoms with Gasteiger partial charge in [0.05, 0.1) is 25.8 Å². The SMILES string of the molecule is COc1cc(OC)nc(Oc2cccc(C(=O)OC(=O)CCCN)c2)n1. The smallest absolute Gasteiger partial charge is 0.345 e. The first kappa shape index (κ1) is 19.1. The molecule has 0 bridgehead atoms. The van der Waals surface area contributed by atoms with E-state index in [9.17, 15) is 9.59 Å². The van der Waals surface area contributed by atoms with E-state index in [1.807, 2.05) is 0 Å². The Balaban J connectivity index is 2.11. The van der Waals surface area contributed by atoms with Crippen molar-refractivity contribution in [3.8, 4) is 23.5 Å². The van der Waals surface area contributed by atoms with Crippen molar-refractivity contribution in [3.63, 3.8) is 0 Å². The lowest BCUT2D eigenvalue weighted by Crippen LogP contribution is -2.14. The van der Waals surface area contributed by atoms with Crippen LogP contribution in [-0.2, 0) is 9.53 Å². The molecule has 0 fully saturated rings. The van der Waals surface area contributed by atoms with E-state index in [2.05, 4.69) is 9.97 Å². The lowest BCUT2D eigenvalue weighted by atomic mass is 10.2. The highest BCUT2D eigenvalue weighted by Gasteiger charge is 2.14. The molecule has 0 aliphatic heterocycles. The van der Waals surface area contributed by atoms with Crippen LogP contribution in [0.15, 0.2) is 30.3 Å². The molecule has 0 aliphatic carbocycles. The molecule has 0 amide bonds. The fourth-order valence-corrected chi connectivity index (χ4v) is 1.89. The second kappa shape index (κ2) is 9.33. The summed E-state index contributed by atoms with van der Waals surface area (Å²) in [6.45, 7) is 0.344. The Morgan fingerprint density at radius 3 is 2.38 bits per heavy atom. The Kier molecular flexibility index (Phi) is 6.86. The number of nitrogens with two attached hydrogens (primary N) is 1. The lowest BCUT2D eigenvalue weighted by molar-refractivity contribution is -0.138. The van der Waals surface area contributed by atoms with Crippen molar-refractivity contribution < 1.29 is 28.5 Å². The van der Waals surface area contributed by atoms with E-state index in [0.29, 0.717) is 13.0 Å². The van der Waals surface area contributed by atoms with E-state index < -0.39 is 11.9 Å². The van der Waals surface area contributed by atoms with Gasteiger partial charge in [0, 0.05) is 6.42 Å². The summed E-state index contributed by atoms with van der Waals surface area (Å²) in [6.07, 6.45) is 0.528. The molecule has 26 heavy (non-hydrogen) atoms. The van der Waals surface area contributed by atoms with E-state index in [4.69, 9.17) is 24.7 Å². The molecule has 0 saturated heterocycles. The first-order valence-corrected chi connectivity index (χ1v) is 7.75. The van der Waals surface area contributed by atoms with Gasteiger partial charge in [-0.2, -0.15) is 9.97 Å². The number of carbonyl (C=O) groups is 2. The number of carbonyl (C=O) groups excluding carboxylic acids is 2. The van der Waals surface area contributed by atoms with Gasteiger partial charge in [-0.1, -0.05) is 6.07 Å². The zero-order valence-electron chi connectivity index (χ0n) is 14.4. The molecule has 0 unspecified atom stereocenters. The van der Waals surface area contributed by atoms with Crippen LogP contribution >= 0.6 is 0 Å². The highest BCUT2D eigenvalue weighted by atomic mass is 16.6. The number of aromatic nitrogens is 2. The van der Waals surface area contributed by atoms with Crippen LogP contribution in [-0.4, -0.2) is 42.7 Å². The van der Waals surface area contributed by atoms with E-state index in [1.165, 1.54) is 32.4 Å². The van der Waals surface area contributed by atoms with E-state index in [0.717, 1.165) is 0 Å². The number of ether oxygens (including phenoxy) is 4. The third-order valence-electron chi connectivity index (χ3n) is 3.15. The Hall–Kier alpha value is -3.20. The van der Waals surface area contributed by atoms with E-state index in [1.54, 1.807) is 12.1 Å². The summed E-state index contributed by atoms with van der Waals surface area (Å²) >= 11 is 0. The van der Waals surface area contributed by atoms with Gasteiger partial charge in [-0.25, -0.2) is 4.79 Å². The highest BCUT2D eigenvalue weighted by Crippen LogP contribution is 2.24. The lowest BCUT2D eigenvalue weighted by Gasteiger charge is -2.08. The normalized spacial score (nSPS) is 10.1. The zero-order valence-corrected chi connectivity index (χ0v) is 14.4. The third-order valence-corrected chi connectivity index (χ3v) is 3.15. The summed E-state index contributed by atoms with van der Waals surface area (Å²) in [5.41, 5.74) is 5.47. The Labute approximate surface area is 150 Å². The third kappa shape index (κ3) is 5.42. The molecule has 2 aromatic rings. The first-order valence-electron chi connectivity index (χ1n) is 7.75.